The predicted octanol–water partition coefficient (Wildman–Crippen LogP) is 3.51. The third kappa shape index (κ3) is 2.99. The van der Waals surface area contributed by atoms with E-state index in [9.17, 15) is 4.79 Å². The maximum atomic E-state index is 11.7. The van der Waals surface area contributed by atoms with E-state index in [1.807, 2.05) is 39.8 Å². The number of hydrogen-bond donors (Lipinski definition) is 0. The first-order chi connectivity index (χ1) is 7.45. The summed E-state index contributed by atoms with van der Waals surface area (Å²) in [4.78, 5) is 11.7. The first-order valence-electron chi connectivity index (χ1n) is 5.32. The summed E-state index contributed by atoms with van der Waals surface area (Å²) in [7, 11) is 0. The van der Waals surface area contributed by atoms with Crippen LogP contribution in [-0.2, 0) is 0 Å². The SMILES string of the molecule is Cc1cc(C)c(OC(C)C)c(C(=O)CCl)c1. The summed E-state index contributed by atoms with van der Waals surface area (Å²) in [6.07, 6.45) is 0.0447. The smallest absolute Gasteiger partial charge is 0.181 e. The number of carbonyl (C=O) groups excluding carboxylic acids is 1. The number of Topliss-reactive ketones (excluding diaryl/α,β-unsaturated/α-hetero) is 1. The lowest BCUT2D eigenvalue weighted by Crippen LogP contribution is -2.12. The zero-order chi connectivity index (χ0) is 12.3. The van der Waals surface area contributed by atoms with Gasteiger partial charge in [-0.1, -0.05) is 6.07 Å². The van der Waals surface area contributed by atoms with Crippen LogP contribution in [0.1, 0.15) is 35.3 Å². The molecule has 0 saturated heterocycles. The highest BCUT2D eigenvalue weighted by molar-refractivity contribution is 6.30. The Morgan fingerprint density at radius 1 is 1.38 bits per heavy atom. The number of alkyl halides is 1. The van der Waals surface area contributed by atoms with Gasteiger partial charge in [0.2, 0.25) is 0 Å². The third-order valence-electron chi connectivity index (χ3n) is 2.19. The summed E-state index contributed by atoms with van der Waals surface area (Å²) in [5, 5.41) is 0. The fourth-order valence-corrected chi connectivity index (χ4v) is 1.77. The molecule has 16 heavy (non-hydrogen) atoms. The second-order valence-corrected chi connectivity index (χ2v) is 4.45. The largest absolute Gasteiger partial charge is 0.490 e. The van der Waals surface area contributed by atoms with E-state index in [1.165, 1.54) is 0 Å². The molecule has 0 atom stereocenters. The van der Waals surface area contributed by atoms with Crippen LogP contribution in [0.2, 0.25) is 0 Å². The number of ketones is 1. The van der Waals surface area contributed by atoms with E-state index in [0.717, 1.165) is 11.1 Å². The monoisotopic (exact) mass is 240 g/mol. The van der Waals surface area contributed by atoms with Crippen molar-refractivity contribution in [3.63, 3.8) is 0 Å². The first kappa shape index (κ1) is 13.0. The van der Waals surface area contributed by atoms with Crippen molar-refractivity contribution in [1.29, 1.82) is 0 Å². The topological polar surface area (TPSA) is 26.3 Å². The Morgan fingerprint density at radius 3 is 2.50 bits per heavy atom. The molecule has 88 valence electrons. The molecule has 0 aromatic heterocycles. The van der Waals surface area contributed by atoms with E-state index < -0.39 is 0 Å². The molecule has 0 aliphatic rings. The van der Waals surface area contributed by atoms with Crippen LogP contribution in [0.3, 0.4) is 0 Å². The molecule has 3 heteroatoms. The normalized spacial score (nSPS) is 10.6. The van der Waals surface area contributed by atoms with Crippen molar-refractivity contribution in [2.24, 2.45) is 0 Å². The van der Waals surface area contributed by atoms with E-state index in [-0.39, 0.29) is 17.8 Å². The maximum Gasteiger partial charge on any atom is 0.181 e. The minimum Gasteiger partial charge on any atom is -0.490 e. The number of benzene rings is 1. The number of hydrogen-bond acceptors (Lipinski definition) is 2. The molecule has 0 radical (unpaired) electrons. The fraction of sp³-hybridized carbons (Fsp3) is 0.462. The van der Waals surface area contributed by atoms with E-state index in [1.54, 1.807) is 0 Å². The van der Waals surface area contributed by atoms with Gasteiger partial charge in [-0.3, -0.25) is 4.79 Å². The second-order valence-electron chi connectivity index (χ2n) is 4.18. The molecule has 0 heterocycles. The van der Waals surface area contributed by atoms with Gasteiger partial charge in [0.05, 0.1) is 17.5 Å². The van der Waals surface area contributed by atoms with Gasteiger partial charge in [0.1, 0.15) is 5.75 Å². The zero-order valence-electron chi connectivity index (χ0n) is 10.1. The summed E-state index contributed by atoms with van der Waals surface area (Å²) in [6.45, 7) is 7.77. The Morgan fingerprint density at radius 2 is 2.00 bits per heavy atom. The Hall–Kier alpha value is -1.02. The summed E-state index contributed by atoms with van der Waals surface area (Å²) < 4.78 is 5.67. The van der Waals surface area contributed by atoms with Gasteiger partial charge < -0.3 is 4.74 Å². The molecule has 0 N–H and O–H groups in total. The van der Waals surface area contributed by atoms with Gasteiger partial charge in [-0.25, -0.2) is 0 Å². The number of halogens is 1. The molecule has 0 saturated carbocycles. The van der Waals surface area contributed by atoms with Crippen LogP contribution in [0.4, 0.5) is 0 Å². The van der Waals surface area contributed by atoms with E-state index in [0.29, 0.717) is 11.3 Å². The molecule has 0 spiro atoms. The molecule has 2 nitrogen and oxygen atoms in total. The van der Waals surface area contributed by atoms with Crippen LogP contribution in [0.5, 0.6) is 5.75 Å². The molecule has 0 amide bonds. The second kappa shape index (κ2) is 5.35. The highest BCUT2D eigenvalue weighted by atomic mass is 35.5. The molecule has 0 aliphatic carbocycles. The lowest BCUT2D eigenvalue weighted by atomic mass is 10.0. The average Bonchev–Trinajstić information content (AvgIpc) is 2.20. The molecule has 0 aliphatic heterocycles. The van der Waals surface area contributed by atoms with Crippen molar-refractivity contribution in [1.82, 2.24) is 0 Å². The van der Waals surface area contributed by atoms with Crippen LogP contribution in [-0.4, -0.2) is 17.8 Å². The van der Waals surface area contributed by atoms with Crippen molar-refractivity contribution in [3.05, 3.63) is 28.8 Å². The van der Waals surface area contributed by atoms with Gasteiger partial charge in [-0.15, -0.1) is 11.6 Å². The molecule has 1 aromatic carbocycles. The Labute approximate surface area is 102 Å². The quantitative estimate of drug-likeness (QED) is 0.595. The van der Waals surface area contributed by atoms with Gasteiger partial charge in [0.25, 0.3) is 0 Å². The number of rotatable bonds is 4. The standard InChI is InChI=1S/C13H17ClO2/c1-8(2)16-13-10(4)5-9(3)6-11(13)12(15)7-14/h5-6,8H,7H2,1-4H3. The van der Waals surface area contributed by atoms with E-state index in [4.69, 9.17) is 16.3 Å². The molecule has 0 bridgehead atoms. The molecular formula is C13H17ClO2. The van der Waals surface area contributed by atoms with Gasteiger partial charge in [0.15, 0.2) is 5.78 Å². The van der Waals surface area contributed by atoms with Gasteiger partial charge in [-0.05, 0) is 44.9 Å². The number of aryl methyl sites for hydroxylation is 2. The molecule has 0 fully saturated rings. The minimum absolute atomic E-state index is 0.0165. The van der Waals surface area contributed by atoms with Crippen molar-refractivity contribution >= 4 is 17.4 Å². The maximum absolute atomic E-state index is 11.7. The van der Waals surface area contributed by atoms with Crippen molar-refractivity contribution in [2.75, 3.05) is 5.88 Å². The van der Waals surface area contributed by atoms with Crippen molar-refractivity contribution in [2.45, 2.75) is 33.8 Å². The summed E-state index contributed by atoms with van der Waals surface area (Å²) >= 11 is 5.59. The fourth-order valence-electron chi connectivity index (χ4n) is 1.63. The molecule has 0 unspecified atom stereocenters. The van der Waals surface area contributed by atoms with Crippen molar-refractivity contribution in [3.8, 4) is 5.75 Å². The van der Waals surface area contributed by atoms with E-state index in [2.05, 4.69) is 0 Å². The molecule has 1 aromatic rings. The Kier molecular flexibility index (Phi) is 4.36. The number of ether oxygens (including phenoxy) is 1. The van der Waals surface area contributed by atoms with Gasteiger partial charge in [0, 0.05) is 0 Å². The lowest BCUT2D eigenvalue weighted by Gasteiger charge is -2.16. The summed E-state index contributed by atoms with van der Waals surface area (Å²) in [5.41, 5.74) is 2.60. The summed E-state index contributed by atoms with van der Waals surface area (Å²) in [5.74, 6) is 0.549. The van der Waals surface area contributed by atoms with Crippen LogP contribution in [0.25, 0.3) is 0 Å². The van der Waals surface area contributed by atoms with Crippen LogP contribution < -0.4 is 4.74 Å². The first-order valence-corrected chi connectivity index (χ1v) is 5.86. The van der Waals surface area contributed by atoms with Crippen LogP contribution >= 0.6 is 11.6 Å². The minimum atomic E-state index is -0.0934. The Bertz CT molecular complexity index is 397. The predicted molar refractivity (Wildman–Crippen MR) is 66.7 cm³/mol. The van der Waals surface area contributed by atoms with E-state index >= 15 is 0 Å². The highest BCUT2D eigenvalue weighted by Gasteiger charge is 2.15. The van der Waals surface area contributed by atoms with Crippen molar-refractivity contribution < 1.29 is 9.53 Å². The zero-order valence-corrected chi connectivity index (χ0v) is 10.9. The van der Waals surface area contributed by atoms with Gasteiger partial charge >= 0.3 is 0 Å². The van der Waals surface area contributed by atoms with Crippen LogP contribution in [0.15, 0.2) is 12.1 Å². The molecular weight excluding hydrogens is 224 g/mol. The van der Waals surface area contributed by atoms with Crippen LogP contribution in [0, 0.1) is 13.8 Å². The highest BCUT2D eigenvalue weighted by Crippen LogP contribution is 2.27. The average molecular weight is 241 g/mol. The van der Waals surface area contributed by atoms with Gasteiger partial charge in [-0.2, -0.15) is 0 Å². The number of carbonyl (C=O) groups is 1. The summed E-state index contributed by atoms with van der Waals surface area (Å²) in [6, 6.07) is 3.83. The Balaban J connectivity index is 3.26. The lowest BCUT2D eigenvalue weighted by molar-refractivity contribution is 0.101. The third-order valence-corrected chi connectivity index (χ3v) is 2.44. The molecule has 1 rings (SSSR count).